The predicted octanol–water partition coefficient (Wildman–Crippen LogP) is 3.31. The second-order valence-electron chi connectivity index (χ2n) is 4.00. The van der Waals surface area contributed by atoms with Crippen LogP contribution in [-0.4, -0.2) is 6.54 Å². The van der Waals surface area contributed by atoms with Crippen molar-refractivity contribution >= 4 is 0 Å². The number of hydrogen-bond acceptors (Lipinski definition) is 2. The van der Waals surface area contributed by atoms with E-state index in [4.69, 9.17) is 4.42 Å². The van der Waals surface area contributed by atoms with E-state index in [1.807, 2.05) is 12.1 Å². The fourth-order valence-corrected chi connectivity index (χ4v) is 1.93. The van der Waals surface area contributed by atoms with Crippen molar-refractivity contribution in [3.63, 3.8) is 0 Å². The quantitative estimate of drug-likeness (QED) is 0.857. The monoisotopic (exact) mass is 233 g/mol. The Morgan fingerprint density at radius 3 is 2.88 bits per heavy atom. The Kier molecular flexibility index (Phi) is 3.94. The molecule has 1 aromatic carbocycles. The van der Waals surface area contributed by atoms with Gasteiger partial charge < -0.3 is 9.73 Å². The molecular formula is C14H16FNO. The van der Waals surface area contributed by atoms with Crippen LogP contribution in [0, 0.1) is 5.82 Å². The molecule has 0 saturated carbocycles. The first-order valence-electron chi connectivity index (χ1n) is 5.79. The van der Waals surface area contributed by atoms with Gasteiger partial charge >= 0.3 is 0 Å². The van der Waals surface area contributed by atoms with Crippen LogP contribution in [0.3, 0.4) is 0 Å². The van der Waals surface area contributed by atoms with Gasteiger partial charge in [0.1, 0.15) is 5.82 Å². The highest BCUT2D eigenvalue weighted by molar-refractivity contribution is 5.21. The maximum atomic E-state index is 13.1. The van der Waals surface area contributed by atoms with Crippen molar-refractivity contribution in [2.45, 2.75) is 19.4 Å². The molecule has 3 heteroatoms. The van der Waals surface area contributed by atoms with Gasteiger partial charge in [0.25, 0.3) is 0 Å². The minimum atomic E-state index is -0.190. The normalized spacial score (nSPS) is 12.6. The molecule has 0 fully saturated rings. The summed E-state index contributed by atoms with van der Waals surface area (Å²) >= 11 is 0. The average molecular weight is 233 g/mol. The van der Waals surface area contributed by atoms with E-state index in [9.17, 15) is 4.39 Å². The van der Waals surface area contributed by atoms with Crippen LogP contribution in [0.25, 0.3) is 0 Å². The molecule has 1 heterocycles. The molecule has 90 valence electrons. The van der Waals surface area contributed by atoms with Gasteiger partial charge in [-0.05, 0) is 36.7 Å². The number of rotatable bonds is 5. The number of hydrogen-bond donors (Lipinski definition) is 1. The summed E-state index contributed by atoms with van der Waals surface area (Å²) in [7, 11) is 0. The van der Waals surface area contributed by atoms with Gasteiger partial charge in [0.15, 0.2) is 0 Å². The lowest BCUT2D eigenvalue weighted by atomic mass is 10.0. The zero-order valence-corrected chi connectivity index (χ0v) is 9.82. The molecule has 2 aromatic rings. The topological polar surface area (TPSA) is 25.2 Å². The smallest absolute Gasteiger partial charge is 0.123 e. The number of halogens is 1. The maximum Gasteiger partial charge on any atom is 0.123 e. The maximum absolute atomic E-state index is 13.1. The number of furan rings is 1. The summed E-state index contributed by atoms with van der Waals surface area (Å²) in [5, 5.41) is 3.37. The van der Waals surface area contributed by atoms with E-state index in [-0.39, 0.29) is 11.9 Å². The molecule has 1 N–H and O–H groups in total. The summed E-state index contributed by atoms with van der Waals surface area (Å²) in [4.78, 5) is 0. The van der Waals surface area contributed by atoms with Gasteiger partial charge in [-0.25, -0.2) is 4.39 Å². The Balaban J connectivity index is 2.13. The number of likely N-dealkylation sites (N-methyl/N-ethyl adjacent to an activating group) is 1. The molecule has 0 bridgehead atoms. The van der Waals surface area contributed by atoms with Crippen molar-refractivity contribution in [2.24, 2.45) is 0 Å². The van der Waals surface area contributed by atoms with E-state index in [1.54, 1.807) is 24.7 Å². The molecule has 2 nitrogen and oxygen atoms in total. The minimum absolute atomic E-state index is 0.167. The van der Waals surface area contributed by atoms with Crippen LogP contribution in [0.4, 0.5) is 4.39 Å². The van der Waals surface area contributed by atoms with Crippen molar-refractivity contribution in [1.82, 2.24) is 5.32 Å². The standard InChI is InChI=1S/C14H16FNO/c1-2-16-14(12-6-7-17-10-12)9-11-4-3-5-13(15)8-11/h3-8,10,14,16H,2,9H2,1H3. The lowest BCUT2D eigenvalue weighted by molar-refractivity contribution is 0.523. The predicted molar refractivity (Wildman–Crippen MR) is 65.2 cm³/mol. The molecule has 0 spiro atoms. The Morgan fingerprint density at radius 1 is 1.35 bits per heavy atom. The fraction of sp³-hybridized carbons (Fsp3) is 0.286. The third-order valence-corrected chi connectivity index (χ3v) is 2.72. The first-order valence-corrected chi connectivity index (χ1v) is 5.79. The molecule has 17 heavy (non-hydrogen) atoms. The first kappa shape index (κ1) is 11.9. The van der Waals surface area contributed by atoms with E-state index in [2.05, 4.69) is 12.2 Å². The SMILES string of the molecule is CCNC(Cc1cccc(F)c1)c1ccoc1. The Morgan fingerprint density at radius 2 is 2.24 bits per heavy atom. The minimum Gasteiger partial charge on any atom is -0.472 e. The summed E-state index contributed by atoms with van der Waals surface area (Å²) in [5.74, 6) is -0.190. The van der Waals surface area contributed by atoms with Gasteiger partial charge in [-0.2, -0.15) is 0 Å². The van der Waals surface area contributed by atoms with Crippen molar-refractivity contribution in [1.29, 1.82) is 0 Å². The van der Waals surface area contributed by atoms with Crippen molar-refractivity contribution < 1.29 is 8.81 Å². The molecule has 0 radical (unpaired) electrons. The highest BCUT2D eigenvalue weighted by Crippen LogP contribution is 2.19. The zero-order chi connectivity index (χ0) is 12.1. The van der Waals surface area contributed by atoms with E-state index < -0.39 is 0 Å². The van der Waals surface area contributed by atoms with Crippen molar-refractivity contribution in [2.75, 3.05) is 6.54 Å². The van der Waals surface area contributed by atoms with Crippen LogP contribution < -0.4 is 5.32 Å². The largest absolute Gasteiger partial charge is 0.472 e. The molecule has 1 unspecified atom stereocenters. The molecule has 0 aliphatic rings. The summed E-state index contributed by atoms with van der Waals surface area (Å²) in [6, 6.07) is 8.82. The van der Waals surface area contributed by atoms with Gasteiger partial charge in [-0.15, -0.1) is 0 Å². The van der Waals surface area contributed by atoms with Crippen LogP contribution in [0.15, 0.2) is 47.3 Å². The third kappa shape index (κ3) is 3.17. The van der Waals surface area contributed by atoms with E-state index in [0.717, 1.165) is 24.1 Å². The Labute approximate surface area is 100 Å². The Bertz CT molecular complexity index is 453. The van der Waals surface area contributed by atoms with Crippen LogP contribution >= 0.6 is 0 Å². The molecule has 0 aliphatic carbocycles. The number of nitrogens with one attached hydrogen (secondary N) is 1. The van der Waals surface area contributed by atoms with Crippen LogP contribution in [-0.2, 0) is 6.42 Å². The molecular weight excluding hydrogens is 217 g/mol. The average Bonchev–Trinajstić information content (AvgIpc) is 2.82. The lowest BCUT2D eigenvalue weighted by Gasteiger charge is -2.16. The van der Waals surface area contributed by atoms with Crippen LogP contribution in [0.2, 0.25) is 0 Å². The summed E-state index contributed by atoms with van der Waals surface area (Å²) in [6.07, 6.45) is 4.14. The Hall–Kier alpha value is -1.61. The van der Waals surface area contributed by atoms with E-state index in [1.165, 1.54) is 6.07 Å². The summed E-state index contributed by atoms with van der Waals surface area (Å²) in [5.41, 5.74) is 2.08. The van der Waals surface area contributed by atoms with Crippen LogP contribution in [0.5, 0.6) is 0 Å². The zero-order valence-electron chi connectivity index (χ0n) is 9.82. The van der Waals surface area contributed by atoms with Gasteiger partial charge in [0.2, 0.25) is 0 Å². The first-order chi connectivity index (χ1) is 8.29. The van der Waals surface area contributed by atoms with Gasteiger partial charge in [0, 0.05) is 11.6 Å². The highest BCUT2D eigenvalue weighted by Gasteiger charge is 2.12. The van der Waals surface area contributed by atoms with Crippen LogP contribution in [0.1, 0.15) is 24.1 Å². The van der Waals surface area contributed by atoms with Crippen molar-refractivity contribution in [3.05, 3.63) is 59.8 Å². The van der Waals surface area contributed by atoms with Crippen molar-refractivity contribution in [3.8, 4) is 0 Å². The second-order valence-corrected chi connectivity index (χ2v) is 4.00. The summed E-state index contributed by atoms with van der Waals surface area (Å²) < 4.78 is 18.2. The summed E-state index contributed by atoms with van der Waals surface area (Å²) in [6.45, 7) is 2.92. The van der Waals surface area contributed by atoms with Gasteiger partial charge in [0.05, 0.1) is 12.5 Å². The highest BCUT2D eigenvalue weighted by atomic mass is 19.1. The lowest BCUT2D eigenvalue weighted by Crippen LogP contribution is -2.22. The molecule has 0 saturated heterocycles. The van der Waals surface area contributed by atoms with E-state index in [0.29, 0.717) is 0 Å². The molecule has 1 atom stereocenters. The molecule has 0 aliphatic heterocycles. The number of benzene rings is 1. The second kappa shape index (κ2) is 5.64. The van der Waals surface area contributed by atoms with E-state index >= 15 is 0 Å². The third-order valence-electron chi connectivity index (χ3n) is 2.72. The van der Waals surface area contributed by atoms with Gasteiger partial charge in [-0.3, -0.25) is 0 Å². The van der Waals surface area contributed by atoms with Gasteiger partial charge in [-0.1, -0.05) is 19.1 Å². The molecule has 1 aromatic heterocycles. The molecule has 0 amide bonds. The molecule has 2 rings (SSSR count). The fourth-order valence-electron chi connectivity index (χ4n) is 1.93.